The molecule has 0 spiro atoms. The maximum Gasteiger partial charge on any atom is 0.129 e. The van der Waals surface area contributed by atoms with Gasteiger partial charge in [0.25, 0.3) is 0 Å². The normalized spacial score (nSPS) is 10.2. The molecule has 2 N–H and O–H groups in total. The van der Waals surface area contributed by atoms with E-state index in [1.807, 2.05) is 5.48 Å². The van der Waals surface area contributed by atoms with Crippen molar-refractivity contribution in [3.63, 3.8) is 0 Å². The van der Waals surface area contributed by atoms with Crippen LogP contribution in [0.3, 0.4) is 0 Å². The van der Waals surface area contributed by atoms with Crippen LogP contribution in [0.2, 0.25) is 0 Å². The van der Waals surface area contributed by atoms with Crippen molar-refractivity contribution in [3.8, 4) is 5.75 Å². The van der Waals surface area contributed by atoms with Gasteiger partial charge in [0.05, 0.1) is 7.11 Å². The van der Waals surface area contributed by atoms with E-state index in [0.29, 0.717) is 11.3 Å². The molecule has 0 aliphatic heterocycles. The van der Waals surface area contributed by atoms with E-state index in [9.17, 15) is 4.39 Å². The summed E-state index contributed by atoms with van der Waals surface area (Å²) >= 11 is 0. The third kappa shape index (κ3) is 2.17. The largest absolute Gasteiger partial charge is 0.496 e. The van der Waals surface area contributed by atoms with Gasteiger partial charge in [-0.25, -0.2) is 9.87 Å². The minimum absolute atomic E-state index is 0.240. The molecular formula is C9H12FNO2. The monoisotopic (exact) mass is 185 g/mol. The number of rotatable bonds is 3. The highest BCUT2D eigenvalue weighted by Crippen LogP contribution is 2.22. The fraction of sp³-hybridized carbons (Fsp3) is 0.333. The lowest BCUT2D eigenvalue weighted by molar-refractivity contribution is 0.160. The average Bonchev–Trinajstić information content (AvgIpc) is 2.11. The molecule has 0 bridgehead atoms. The van der Waals surface area contributed by atoms with E-state index in [1.54, 1.807) is 13.0 Å². The Hall–Kier alpha value is -1.13. The molecule has 13 heavy (non-hydrogen) atoms. The maximum absolute atomic E-state index is 13.0. The van der Waals surface area contributed by atoms with E-state index in [-0.39, 0.29) is 12.4 Å². The molecule has 0 atom stereocenters. The van der Waals surface area contributed by atoms with Crippen LogP contribution in [0.1, 0.15) is 11.1 Å². The standard InChI is InChI=1S/C9H12FNO2/c1-6-3-7(5-11-12)9(13-2)4-8(6)10/h3-4,11-12H,5H2,1-2H3. The van der Waals surface area contributed by atoms with E-state index in [1.165, 1.54) is 13.2 Å². The summed E-state index contributed by atoms with van der Waals surface area (Å²) in [4.78, 5) is 0. The van der Waals surface area contributed by atoms with Gasteiger partial charge in [-0.3, -0.25) is 0 Å². The first-order chi connectivity index (χ1) is 6.19. The van der Waals surface area contributed by atoms with E-state index in [2.05, 4.69) is 0 Å². The van der Waals surface area contributed by atoms with Gasteiger partial charge in [-0.1, -0.05) is 0 Å². The number of methoxy groups -OCH3 is 1. The van der Waals surface area contributed by atoms with Crippen molar-refractivity contribution in [2.45, 2.75) is 13.5 Å². The van der Waals surface area contributed by atoms with Crippen LogP contribution in [-0.4, -0.2) is 12.3 Å². The fourth-order valence-electron chi connectivity index (χ4n) is 1.14. The van der Waals surface area contributed by atoms with Crippen molar-refractivity contribution >= 4 is 0 Å². The van der Waals surface area contributed by atoms with Gasteiger partial charge in [0.15, 0.2) is 0 Å². The number of aryl methyl sites for hydroxylation is 1. The third-order valence-electron chi connectivity index (χ3n) is 1.83. The van der Waals surface area contributed by atoms with Gasteiger partial charge in [0.1, 0.15) is 11.6 Å². The van der Waals surface area contributed by atoms with E-state index in [4.69, 9.17) is 9.94 Å². The van der Waals surface area contributed by atoms with Gasteiger partial charge in [-0.15, -0.1) is 0 Å². The maximum atomic E-state index is 13.0. The zero-order valence-electron chi connectivity index (χ0n) is 7.60. The molecule has 1 aromatic rings. The highest BCUT2D eigenvalue weighted by molar-refractivity contribution is 5.37. The quantitative estimate of drug-likeness (QED) is 0.703. The van der Waals surface area contributed by atoms with Gasteiger partial charge < -0.3 is 9.94 Å². The summed E-state index contributed by atoms with van der Waals surface area (Å²) in [6.07, 6.45) is 0. The van der Waals surface area contributed by atoms with Crippen molar-refractivity contribution in [2.75, 3.05) is 7.11 Å². The lowest BCUT2D eigenvalue weighted by Crippen LogP contribution is -2.08. The molecule has 0 aliphatic rings. The number of benzene rings is 1. The first-order valence-electron chi connectivity index (χ1n) is 3.89. The Morgan fingerprint density at radius 3 is 2.77 bits per heavy atom. The predicted molar refractivity (Wildman–Crippen MR) is 46.3 cm³/mol. The minimum atomic E-state index is -0.307. The summed E-state index contributed by atoms with van der Waals surface area (Å²) in [5.41, 5.74) is 3.26. The lowest BCUT2D eigenvalue weighted by Gasteiger charge is -2.09. The van der Waals surface area contributed by atoms with Crippen LogP contribution in [-0.2, 0) is 6.54 Å². The average molecular weight is 185 g/mol. The van der Waals surface area contributed by atoms with Crippen LogP contribution in [0.4, 0.5) is 4.39 Å². The Kier molecular flexibility index (Phi) is 3.22. The zero-order valence-corrected chi connectivity index (χ0v) is 7.60. The zero-order chi connectivity index (χ0) is 9.84. The summed E-state index contributed by atoms with van der Waals surface area (Å²) in [5, 5.41) is 8.50. The van der Waals surface area contributed by atoms with E-state index < -0.39 is 0 Å². The van der Waals surface area contributed by atoms with Crippen LogP contribution in [0, 0.1) is 12.7 Å². The predicted octanol–water partition coefficient (Wildman–Crippen LogP) is 1.62. The fourth-order valence-corrected chi connectivity index (χ4v) is 1.14. The molecular weight excluding hydrogens is 173 g/mol. The molecule has 0 amide bonds. The number of hydrogen-bond acceptors (Lipinski definition) is 3. The number of nitrogens with one attached hydrogen (secondary N) is 1. The number of hydrogen-bond donors (Lipinski definition) is 2. The summed E-state index contributed by atoms with van der Waals surface area (Å²) in [6.45, 7) is 1.90. The number of ether oxygens (including phenoxy) is 1. The molecule has 0 aromatic heterocycles. The summed E-state index contributed by atoms with van der Waals surface area (Å²) in [5.74, 6) is 0.128. The van der Waals surface area contributed by atoms with Crippen LogP contribution in [0.15, 0.2) is 12.1 Å². The lowest BCUT2D eigenvalue weighted by atomic mass is 10.1. The molecule has 0 unspecified atom stereocenters. The van der Waals surface area contributed by atoms with Gasteiger partial charge >= 0.3 is 0 Å². The van der Waals surface area contributed by atoms with E-state index >= 15 is 0 Å². The molecule has 72 valence electrons. The second-order valence-electron chi connectivity index (χ2n) is 2.75. The molecule has 0 saturated carbocycles. The first kappa shape index (κ1) is 9.95. The Bertz CT molecular complexity index is 302. The van der Waals surface area contributed by atoms with Gasteiger partial charge in [-0.2, -0.15) is 0 Å². The molecule has 4 heteroatoms. The highest BCUT2D eigenvalue weighted by atomic mass is 19.1. The Balaban J connectivity index is 3.09. The minimum Gasteiger partial charge on any atom is -0.496 e. The molecule has 0 heterocycles. The molecule has 3 nitrogen and oxygen atoms in total. The SMILES string of the molecule is COc1cc(F)c(C)cc1CNO. The second kappa shape index (κ2) is 4.20. The van der Waals surface area contributed by atoms with Crippen molar-refractivity contribution in [3.05, 3.63) is 29.1 Å². The van der Waals surface area contributed by atoms with Crippen molar-refractivity contribution in [1.29, 1.82) is 0 Å². The molecule has 0 saturated heterocycles. The van der Waals surface area contributed by atoms with E-state index in [0.717, 1.165) is 5.56 Å². The summed E-state index contributed by atoms with van der Waals surface area (Å²) in [7, 11) is 1.46. The first-order valence-corrected chi connectivity index (χ1v) is 3.89. The Morgan fingerprint density at radius 1 is 1.54 bits per heavy atom. The van der Waals surface area contributed by atoms with Crippen molar-refractivity contribution in [1.82, 2.24) is 5.48 Å². The third-order valence-corrected chi connectivity index (χ3v) is 1.83. The summed E-state index contributed by atoms with van der Waals surface area (Å²) < 4.78 is 18.0. The Labute approximate surface area is 76.1 Å². The molecule has 0 fully saturated rings. The van der Waals surface area contributed by atoms with Crippen LogP contribution in [0.25, 0.3) is 0 Å². The number of halogens is 1. The summed E-state index contributed by atoms with van der Waals surface area (Å²) in [6, 6.07) is 2.94. The van der Waals surface area contributed by atoms with Gasteiger partial charge in [0, 0.05) is 18.2 Å². The van der Waals surface area contributed by atoms with Crippen molar-refractivity contribution in [2.24, 2.45) is 0 Å². The molecule has 0 aliphatic carbocycles. The molecule has 1 aromatic carbocycles. The van der Waals surface area contributed by atoms with Gasteiger partial charge in [0.2, 0.25) is 0 Å². The molecule has 1 rings (SSSR count). The Morgan fingerprint density at radius 2 is 2.23 bits per heavy atom. The van der Waals surface area contributed by atoms with Crippen LogP contribution >= 0.6 is 0 Å². The topological polar surface area (TPSA) is 41.5 Å². The number of hydroxylamine groups is 1. The van der Waals surface area contributed by atoms with Crippen molar-refractivity contribution < 1.29 is 14.3 Å². The van der Waals surface area contributed by atoms with Crippen LogP contribution < -0.4 is 10.2 Å². The van der Waals surface area contributed by atoms with Crippen LogP contribution in [0.5, 0.6) is 5.75 Å². The second-order valence-corrected chi connectivity index (χ2v) is 2.75. The van der Waals surface area contributed by atoms with Gasteiger partial charge in [-0.05, 0) is 18.6 Å². The highest BCUT2D eigenvalue weighted by Gasteiger charge is 2.06. The molecule has 0 radical (unpaired) electrons. The smallest absolute Gasteiger partial charge is 0.129 e.